The van der Waals surface area contributed by atoms with E-state index in [2.05, 4.69) is 31.8 Å². The first-order chi connectivity index (χ1) is 12.6. The van der Waals surface area contributed by atoms with Crippen molar-refractivity contribution in [3.63, 3.8) is 0 Å². The Morgan fingerprint density at radius 2 is 1.96 bits per heavy atom. The summed E-state index contributed by atoms with van der Waals surface area (Å²) in [5.74, 6) is 0. The summed E-state index contributed by atoms with van der Waals surface area (Å²) in [4.78, 5) is 17.4. The van der Waals surface area contributed by atoms with Gasteiger partial charge in [0, 0.05) is 19.2 Å². The fourth-order valence-electron chi connectivity index (χ4n) is 3.18. The molecule has 0 amide bonds. The zero-order valence-electron chi connectivity index (χ0n) is 16.3. The van der Waals surface area contributed by atoms with Crippen LogP contribution in [0.15, 0.2) is 35.1 Å². The van der Waals surface area contributed by atoms with Gasteiger partial charge >= 0.3 is 5.69 Å². The number of nitrogens with zero attached hydrogens (tertiary/aromatic N) is 4. The van der Waals surface area contributed by atoms with E-state index in [-0.39, 0.29) is 11.1 Å². The Morgan fingerprint density at radius 1 is 1.26 bits per heavy atom. The van der Waals surface area contributed by atoms with Crippen molar-refractivity contribution in [3.05, 3.63) is 51.9 Å². The van der Waals surface area contributed by atoms with Gasteiger partial charge in [-0.1, -0.05) is 26.8 Å². The molecule has 3 aromatic rings. The number of benzene rings is 1. The van der Waals surface area contributed by atoms with Crippen LogP contribution >= 0.6 is 0 Å². The molecular formula is C21H24N4O2. The van der Waals surface area contributed by atoms with Crippen LogP contribution in [0.5, 0.6) is 0 Å². The Hall–Kier alpha value is -2.91. The predicted molar refractivity (Wildman–Crippen MR) is 105 cm³/mol. The van der Waals surface area contributed by atoms with Crippen LogP contribution in [-0.2, 0) is 13.6 Å². The number of hydrogen-bond donors (Lipinski definition) is 1. The average molecular weight is 364 g/mol. The van der Waals surface area contributed by atoms with Gasteiger partial charge in [0.15, 0.2) is 5.65 Å². The molecule has 2 heterocycles. The quantitative estimate of drug-likeness (QED) is 0.772. The van der Waals surface area contributed by atoms with Crippen molar-refractivity contribution in [2.45, 2.75) is 40.3 Å². The van der Waals surface area contributed by atoms with Crippen molar-refractivity contribution < 1.29 is 5.11 Å². The van der Waals surface area contributed by atoms with E-state index in [1.54, 1.807) is 36.7 Å². The highest BCUT2D eigenvalue weighted by Gasteiger charge is 2.19. The van der Waals surface area contributed by atoms with Gasteiger partial charge < -0.3 is 5.11 Å². The lowest BCUT2D eigenvalue weighted by molar-refractivity contribution is 0.199. The monoisotopic (exact) mass is 364 g/mol. The van der Waals surface area contributed by atoms with Gasteiger partial charge in [-0.15, -0.1) is 0 Å². The number of aromatic nitrogens is 3. The number of imidazole rings is 1. The van der Waals surface area contributed by atoms with Gasteiger partial charge in [0.25, 0.3) is 0 Å². The third-order valence-corrected chi connectivity index (χ3v) is 4.54. The minimum atomic E-state index is -0.641. The van der Waals surface area contributed by atoms with Crippen LogP contribution in [0.4, 0.5) is 0 Å². The molecule has 0 aliphatic heterocycles. The molecule has 0 saturated carbocycles. The maximum Gasteiger partial charge on any atom is 0.330 e. The van der Waals surface area contributed by atoms with Crippen LogP contribution < -0.4 is 5.69 Å². The third-order valence-electron chi connectivity index (χ3n) is 4.54. The fraction of sp³-hybridized carbons (Fsp3) is 0.381. The van der Waals surface area contributed by atoms with Crippen LogP contribution in [0.2, 0.25) is 0 Å². The first-order valence-electron chi connectivity index (χ1n) is 8.91. The van der Waals surface area contributed by atoms with Crippen molar-refractivity contribution in [3.8, 4) is 17.3 Å². The van der Waals surface area contributed by atoms with Crippen LogP contribution in [0.3, 0.4) is 0 Å². The van der Waals surface area contributed by atoms with Crippen LogP contribution in [-0.4, -0.2) is 19.2 Å². The zero-order valence-corrected chi connectivity index (χ0v) is 16.3. The Bertz CT molecular complexity index is 1110. The second-order valence-electron chi connectivity index (χ2n) is 8.12. The molecular weight excluding hydrogens is 340 g/mol. The van der Waals surface area contributed by atoms with Gasteiger partial charge in [0.05, 0.1) is 28.9 Å². The highest BCUT2D eigenvalue weighted by Crippen LogP contribution is 2.28. The lowest BCUT2D eigenvalue weighted by Crippen LogP contribution is -2.27. The Labute approximate surface area is 158 Å². The SMILES string of the molecule is C[C@H](O)c1ccc(C#N)c(-c2ccc3c(n2)n(C)c(=O)n3CC(C)(C)C)c1. The number of pyridine rings is 1. The molecule has 0 fully saturated rings. The van der Waals surface area contributed by atoms with Crippen molar-refractivity contribution in [1.29, 1.82) is 5.26 Å². The van der Waals surface area contributed by atoms with Crippen LogP contribution in [0.25, 0.3) is 22.4 Å². The van der Waals surface area contributed by atoms with Crippen molar-refractivity contribution in [2.24, 2.45) is 12.5 Å². The van der Waals surface area contributed by atoms with Gasteiger partial charge in [-0.05, 0) is 42.2 Å². The van der Waals surface area contributed by atoms with Crippen molar-refractivity contribution in [2.75, 3.05) is 0 Å². The molecule has 0 aliphatic carbocycles. The van der Waals surface area contributed by atoms with Gasteiger partial charge in [0.2, 0.25) is 0 Å². The molecule has 0 bridgehead atoms. The van der Waals surface area contributed by atoms with Gasteiger partial charge in [0.1, 0.15) is 0 Å². The molecule has 6 nitrogen and oxygen atoms in total. The standard InChI is InChI=1S/C21H24N4O2/c1-13(26)14-6-7-15(11-22)16(10-14)17-8-9-18-19(23-17)24(5)20(27)25(18)12-21(2,3)4/h6-10,13,26H,12H2,1-5H3/t13-/m0/s1. The van der Waals surface area contributed by atoms with Gasteiger partial charge in [-0.2, -0.15) is 5.26 Å². The molecule has 0 saturated heterocycles. The summed E-state index contributed by atoms with van der Waals surface area (Å²) < 4.78 is 3.28. The van der Waals surface area contributed by atoms with Gasteiger partial charge in [-0.3, -0.25) is 9.13 Å². The summed E-state index contributed by atoms with van der Waals surface area (Å²) >= 11 is 0. The highest BCUT2D eigenvalue weighted by atomic mass is 16.3. The molecule has 3 rings (SSSR count). The molecule has 27 heavy (non-hydrogen) atoms. The number of fused-ring (bicyclic) bond motifs is 1. The van der Waals surface area contributed by atoms with Crippen LogP contribution in [0, 0.1) is 16.7 Å². The van der Waals surface area contributed by atoms with E-state index in [0.717, 1.165) is 5.52 Å². The Kier molecular flexibility index (Phi) is 4.66. The second-order valence-corrected chi connectivity index (χ2v) is 8.12. The summed E-state index contributed by atoms with van der Waals surface area (Å²) in [7, 11) is 1.71. The summed E-state index contributed by atoms with van der Waals surface area (Å²) in [5.41, 5.74) is 3.63. The lowest BCUT2D eigenvalue weighted by Gasteiger charge is -2.18. The molecule has 0 unspecified atom stereocenters. The number of nitriles is 1. The van der Waals surface area contributed by atoms with E-state index in [4.69, 9.17) is 0 Å². The Morgan fingerprint density at radius 3 is 2.56 bits per heavy atom. The summed E-state index contributed by atoms with van der Waals surface area (Å²) in [6.07, 6.45) is -0.641. The molecule has 140 valence electrons. The molecule has 1 aromatic carbocycles. The number of aliphatic hydroxyl groups excluding tert-OH is 1. The maximum absolute atomic E-state index is 12.7. The minimum Gasteiger partial charge on any atom is -0.389 e. The first kappa shape index (κ1) is 18.9. The van der Waals surface area contributed by atoms with Crippen LogP contribution in [0.1, 0.15) is 44.9 Å². The summed E-state index contributed by atoms with van der Waals surface area (Å²) in [6.45, 7) is 8.52. The van der Waals surface area contributed by atoms with Gasteiger partial charge in [-0.25, -0.2) is 9.78 Å². The predicted octanol–water partition coefficient (Wildman–Crippen LogP) is 3.37. The number of hydrogen-bond acceptors (Lipinski definition) is 4. The van der Waals surface area contributed by atoms with Crippen molar-refractivity contribution in [1.82, 2.24) is 14.1 Å². The molecule has 1 N–H and O–H groups in total. The molecule has 2 aromatic heterocycles. The molecule has 6 heteroatoms. The Balaban J connectivity index is 2.22. The number of aryl methyl sites for hydroxylation is 1. The van der Waals surface area contributed by atoms with E-state index < -0.39 is 6.10 Å². The van der Waals surface area contributed by atoms with E-state index in [1.807, 2.05) is 12.1 Å². The summed E-state index contributed by atoms with van der Waals surface area (Å²) in [6, 6.07) is 11.1. The van der Waals surface area contributed by atoms with E-state index in [9.17, 15) is 15.2 Å². The molecule has 0 aliphatic rings. The fourth-order valence-corrected chi connectivity index (χ4v) is 3.18. The molecule has 0 radical (unpaired) electrons. The lowest BCUT2D eigenvalue weighted by atomic mass is 9.97. The topological polar surface area (TPSA) is 83.8 Å². The van der Waals surface area contributed by atoms with Crippen molar-refractivity contribution >= 4 is 11.2 Å². The third kappa shape index (κ3) is 3.51. The average Bonchev–Trinajstić information content (AvgIpc) is 2.84. The second kappa shape index (κ2) is 6.67. The minimum absolute atomic E-state index is 0.0453. The maximum atomic E-state index is 12.7. The van der Waals surface area contributed by atoms with E-state index in [1.165, 1.54) is 4.57 Å². The number of rotatable bonds is 3. The number of aliphatic hydroxyl groups is 1. The molecule has 0 spiro atoms. The zero-order chi connectivity index (χ0) is 19.9. The smallest absolute Gasteiger partial charge is 0.330 e. The highest BCUT2D eigenvalue weighted by molar-refractivity contribution is 5.78. The van der Waals surface area contributed by atoms with E-state index in [0.29, 0.717) is 34.6 Å². The van der Waals surface area contributed by atoms with E-state index >= 15 is 0 Å². The normalized spacial score (nSPS) is 12.9. The molecule has 1 atom stereocenters. The summed E-state index contributed by atoms with van der Waals surface area (Å²) in [5, 5.41) is 19.3. The first-order valence-corrected chi connectivity index (χ1v) is 8.91. The largest absolute Gasteiger partial charge is 0.389 e.